The molecule has 35 heavy (non-hydrogen) atoms. The second-order valence-electron chi connectivity index (χ2n) is 7.36. The lowest BCUT2D eigenvalue weighted by atomic mass is 10.1. The molecule has 0 saturated carbocycles. The van der Waals surface area contributed by atoms with Gasteiger partial charge in [-0.2, -0.15) is 0 Å². The second-order valence-corrected chi connectivity index (χ2v) is 7.36. The molecule has 0 aliphatic carbocycles. The summed E-state index contributed by atoms with van der Waals surface area (Å²) in [6.45, 7) is 6.58. The van der Waals surface area contributed by atoms with E-state index < -0.39 is 0 Å². The van der Waals surface area contributed by atoms with Gasteiger partial charge in [0.05, 0.1) is 18.8 Å². The van der Waals surface area contributed by atoms with Crippen LogP contribution in [0.4, 0.5) is 0 Å². The molecule has 8 heteroatoms. The molecule has 0 aliphatic heterocycles. The molecule has 0 unspecified atom stereocenters. The Balaban J connectivity index is 2.35. The first-order valence-electron chi connectivity index (χ1n) is 11.4. The summed E-state index contributed by atoms with van der Waals surface area (Å²) in [5.74, 6) is 3.83. The summed E-state index contributed by atoms with van der Waals surface area (Å²) >= 11 is 0. The van der Waals surface area contributed by atoms with E-state index in [0.29, 0.717) is 57.3 Å². The Morgan fingerprint density at radius 2 is 2.14 bits per heavy atom. The molecule has 8 nitrogen and oxygen atoms in total. The van der Waals surface area contributed by atoms with Crippen LogP contribution in [0.1, 0.15) is 24.8 Å². The second kappa shape index (κ2) is 19.6. The largest absolute Gasteiger partial charge is 0.497 e. The number of aromatic nitrogens is 1. The van der Waals surface area contributed by atoms with Gasteiger partial charge in [0, 0.05) is 64.0 Å². The number of terminal acetylenes is 1. The van der Waals surface area contributed by atoms with Gasteiger partial charge >= 0.3 is 0 Å². The molecule has 0 saturated heterocycles. The summed E-state index contributed by atoms with van der Waals surface area (Å²) in [7, 11) is 1.66. The van der Waals surface area contributed by atoms with Crippen molar-refractivity contribution in [1.82, 2.24) is 15.6 Å². The van der Waals surface area contributed by atoms with Gasteiger partial charge in [0.2, 0.25) is 0 Å². The Morgan fingerprint density at radius 1 is 1.29 bits per heavy atom. The third-order valence-electron chi connectivity index (χ3n) is 4.44. The average molecular weight is 479 g/mol. The number of aliphatic imine (C=N–C) groups is 1. The van der Waals surface area contributed by atoms with Gasteiger partial charge in [0.25, 0.3) is 0 Å². The maximum Gasteiger partial charge on any atom is 0.108 e. The normalized spacial score (nSPS) is 13.0. The predicted octanol–water partition coefficient (Wildman–Crippen LogP) is 2.85. The van der Waals surface area contributed by atoms with Gasteiger partial charge in [-0.1, -0.05) is 24.6 Å². The molecule has 1 rings (SSSR count). The van der Waals surface area contributed by atoms with Crippen molar-refractivity contribution in [2.75, 3.05) is 40.1 Å². The quantitative estimate of drug-likeness (QED) is 0.0842. The minimum Gasteiger partial charge on any atom is -0.497 e. The van der Waals surface area contributed by atoms with E-state index in [0.717, 1.165) is 23.3 Å². The maximum atomic E-state index is 6.05. The molecule has 0 fully saturated rings. The molecule has 0 radical (unpaired) electrons. The highest BCUT2D eigenvalue weighted by Gasteiger charge is 1.97. The van der Waals surface area contributed by atoms with Crippen molar-refractivity contribution in [1.29, 1.82) is 0 Å². The Kier molecular flexibility index (Phi) is 16.4. The minimum atomic E-state index is 0.350. The first-order valence-corrected chi connectivity index (χ1v) is 11.4. The van der Waals surface area contributed by atoms with Crippen molar-refractivity contribution in [2.45, 2.75) is 19.3 Å². The van der Waals surface area contributed by atoms with Gasteiger partial charge in [-0.05, 0) is 41.5 Å². The lowest BCUT2D eigenvalue weighted by Crippen LogP contribution is -2.23. The van der Waals surface area contributed by atoms with Crippen molar-refractivity contribution < 1.29 is 9.47 Å². The van der Waals surface area contributed by atoms with E-state index in [9.17, 15) is 0 Å². The molecule has 1 heterocycles. The standard InChI is InChI=1S/C27H38N6O2/c1-4-9-26(35-17-8-16-34-3)11-7-15-31-22-33-27(29)13-12-25(28)21-32-19-23(5-2)18-24-10-6-14-30-20-24/h1,5-6,10-15,18,20,32-33H,2,7-9,16-17,19,21-22,28-29H2,3H3/b23-18+,25-12+,26-11+,27-13+,31-15-. The molecule has 0 atom stereocenters. The predicted molar refractivity (Wildman–Crippen MR) is 145 cm³/mol. The highest BCUT2D eigenvalue weighted by Crippen LogP contribution is 2.06. The van der Waals surface area contributed by atoms with Crippen molar-refractivity contribution in [3.63, 3.8) is 0 Å². The number of hydrogen-bond acceptors (Lipinski definition) is 8. The van der Waals surface area contributed by atoms with E-state index in [1.165, 1.54) is 0 Å². The monoisotopic (exact) mass is 478 g/mol. The summed E-state index contributed by atoms with van der Waals surface area (Å²) in [6, 6.07) is 3.88. The number of nitrogens with two attached hydrogens (primary N) is 2. The van der Waals surface area contributed by atoms with Crippen LogP contribution in [-0.2, 0) is 9.47 Å². The van der Waals surface area contributed by atoms with Crippen LogP contribution in [0.5, 0.6) is 0 Å². The van der Waals surface area contributed by atoms with Gasteiger partial charge < -0.3 is 31.6 Å². The van der Waals surface area contributed by atoms with E-state index >= 15 is 0 Å². The highest BCUT2D eigenvalue weighted by molar-refractivity contribution is 5.59. The van der Waals surface area contributed by atoms with Gasteiger partial charge in [-0.25, -0.2) is 0 Å². The number of nitrogens with zero attached hydrogens (tertiary/aromatic N) is 2. The lowest BCUT2D eigenvalue weighted by molar-refractivity contribution is 0.143. The van der Waals surface area contributed by atoms with Crippen LogP contribution in [0.15, 0.2) is 83.3 Å². The zero-order chi connectivity index (χ0) is 25.6. The van der Waals surface area contributed by atoms with E-state index in [4.69, 9.17) is 27.4 Å². The fourth-order valence-corrected chi connectivity index (χ4v) is 2.67. The van der Waals surface area contributed by atoms with E-state index in [1.807, 2.05) is 30.4 Å². The third kappa shape index (κ3) is 15.6. The summed E-state index contributed by atoms with van der Waals surface area (Å²) in [4.78, 5) is 8.39. The van der Waals surface area contributed by atoms with Crippen molar-refractivity contribution in [2.24, 2.45) is 16.5 Å². The van der Waals surface area contributed by atoms with E-state index in [2.05, 4.69) is 33.1 Å². The van der Waals surface area contributed by atoms with Gasteiger partial charge in [-0.15, -0.1) is 6.42 Å². The molecule has 0 aliphatic rings. The van der Waals surface area contributed by atoms with Gasteiger partial charge in [0.15, 0.2) is 0 Å². The topological polar surface area (TPSA) is 120 Å². The molecule has 0 amide bonds. The summed E-state index contributed by atoms with van der Waals surface area (Å²) in [6.07, 6.45) is 21.8. The first-order chi connectivity index (χ1) is 17.1. The first kappa shape index (κ1) is 29.2. The average Bonchev–Trinajstić information content (AvgIpc) is 2.87. The zero-order valence-corrected chi connectivity index (χ0v) is 20.6. The Labute approximate surface area is 209 Å². The molecule has 6 N–H and O–H groups in total. The lowest BCUT2D eigenvalue weighted by Gasteiger charge is -2.07. The van der Waals surface area contributed by atoms with Gasteiger partial charge in [-0.3, -0.25) is 9.98 Å². The fraction of sp³-hybridized carbons (Fsp3) is 0.333. The number of rotatable bonds is 18. The smallest absolute Gasteiger partial charge is 0.108 e. The summed E-state index contributed by atoms with van der Waals surface area (Å²) in [5.41, 5.74) is 14.7. The van der Waals surface area contributed by atoms with Gasteiger partial charge in [0.1, 0.15) is 12.4 Å². The number of nitrogens with one attached hydrogen (secondary N) is 2. The molecule has 0 bridgehead atoms. The summed E-state index contributed by atoms with van der Waals surface area (Å²) in [5, 5.41) is 6.29. The number of allylic oxidation sites excluding steroid dienone is 4. The number of hydrogen-bond donors (Lipinski definition) is 4. The number of pyridine rings is 1. The SMILES string of the molecule is C#CC/C(=C\C/C=N\CN/C(N)=C/C=C(/N)CNC/C(C=C)=C/c1cccnc1)OCCCOC. The molecule has 0 spiro atoms. The van der Waals surface area contributed by atoms with Crippen LogP contribution in [-0.4, -0.2) is 51.3 Å². The van der Waals surface area contributed by atoms with Crippen molar-refractivity contribution in [3.8, 4) is 12.3 Å². The van der Waals surface area contributed by atoms with Crippen LogP contribution in [0.2, 0.25) is 0 Å². The van der Waals surface area contributed by atoms with Crippen molar-refractivity contribution >= 4 is 12.3 Å². The molecule has 188 valence electrons. The van der Waals surface area contributed by atoms with E-state index in [-0.39, 0.29) is 0 Å². The molecule has 1 aromatic heterocycles. The van der Waals surface area contributed by atoms with Crippen LogP contribution < -0.4 is 22.1 Å². The van der Waals surface area contributed by atoms with Crippen molar-refractivity contribution in [3.05, 3.63) is 83.8 Å². The number of ether oxygens (including phenoxy) is 2. The summed E-state index contributed by atoms with van der Waals surface area (Å²) < 4.78 is 10.7. The Morgan fingerprint density at radius 3 is 2.86 bits per heavy atom. The Bertz CT molecular complexity index is 927. The minimum absolute atomic E-state index is 0.350. The van der Waals surface area contributed by atoms with Crippen LogP contribution in [0.3, 0.4) is 0 Å². The Hall–Kier alpha value is -3.80. The molecular formula is C27H38N6O2. The fourth-order valence-electron chi connectivity index (χ4n) is 2.67. The highest BCUT2D eigenvalue weighted by atomic mass is 16.5. The van der Waals surface area contributed by atoms with Crippen LogP contribution >= 0.6 is 0 Å². The van der Waals surface area contributed by atoms with Crippen LogP contribution in [0, 0.1) is 12.3 Å². The zero-order valence-electron chi connectivity index (χ0n) is 20.6. The van der Waals surface area contributed by atoms with Crippen LogP contribution in [0.25, 0.3) is 6.08 Å². The van der Waals surface area contributed by atoms with E-state index in [1.54, 1.807) is 37.9 Å². The molecule has 0 aromatic carbocycles. The third-order valence-corrected chi connectivity index (χ3v) is 4.44. The molecular weight excluding hydrogens is 440 g/mol. The number of methoxy groups -OCH3 is 1. The maximum absolute atomic E-state index is 6.05. The molecule has 1 aromatic rings.